The van der Waals surface area contributed by atoms with Gasteiger partial charge in [0, 0.05) is 17.3 Å². The van der Waals surface area contributed by atoms with Crippen LogP contribution < -0.4 is 0 Å². The molecule has 0 unspecified atom stereocenters. The molecule has 2 aromatic rings. The summed E-state index contributed by atoms with van der Waals surface area (Å²) in [5.41, 5.74) is 2.12. The molecule has 21 heavy (non-hydrogen) atoms. The van der Waals surface area contributed by atoms with Crippen LogP contribution >= 0.6 is 27.3 Å². The second kappa shape index (κ2) is 6.12. The fourth-order valence-corrected chi connectivity index (χ4v) is 3.42. The summed E-state index contributed by atoms with van der Waals surface area (Å²) < 4.78 is 1.04. The first-order valence-corrected chi connectivity index (χ1v) is 8.55. The molecule has 1 atom stereocenters. The fraction of sp³-hybridized carbons (Fsp3) is 0.250. The third-order valence-electron chi connectivity index (χ3n) is 3.53. The van der Waals surface area contributed by atoms with E-state index < -0.39 is 0 Å². The molecule has 1 aliphatic heterocycles. The zero-order valence-corrected chi connectivity index (χ0v) is 14.0. The van der Waals surface area contributed by atoms with Crippen LogP contribution in [0.3, 0.4) is 0 Å². The van der Waals surface area contributed by atoms with E-state index in [-0.39, 0.29) is 11.9 Å². The molecule has 1 aromatic heterocycles. The lowest BCUT2D eigenvalue weighted by molar-refractivity contribution is -0.132. The molecule has 0 fully saturated rings. The Hall–Kier alpha value is -1.46. The summed E-state index contributed by atoms with van der Waals surface area (Å²) in [7, 11) is 0. The van der Waals surface area contributed by atoms with Gasteiger partial charge in [0.1, 0.15) is 0 Å². The van der Waals surface area contributed by atoms with Crippen molar-refractivity contribution in [3.63, 3.8) is 0 Å². The van der Waals surface area contributed by atoms with Crippen LogP contribution in [0, 0.1) is 0 Å². The van der Waals surface area contributed by atoms with Crippen molar-refractivity contribution in [1.82, 2.24) is 5.01 Å². The second-order valence-electron chi connectivity index (χ2n) is 4.89. The van der Waals surface area contributed by atoms with Crippen LogP contribution in [0.4, 0.5) is 0 Å². The van der Waals surface area contributed by atoms with Crippen molar-refractivity contribution in [3.05, 3.63) is 56.7 Å². The number of carbonyl (C=O) groups is 1. The molecule has 0 aliphatic carbocycles. The lowest BCUT2D eigenvalue weighted by Gasteiger charge is -2.21. The first-order valence-electron chi connectivity index (χ1n) is 6.88. The molecule has 3 nitrogen and oxygen atoms in total. The zero-order chi connectivity index (χ0) is 14.8. The Morgan fingerprint density at radius 2 is 2.14 bits per heavy atom. The Morgan fingerprint density at radius 1 is 1.38 bits per heavy atom. The van der Waals surface area contributed by atoms with Crippen LogP contribution in [-0.4, -0.2) is 16.6 Å². The summed E-state index contributed by atoms with van der Waals surface area (Å²) in [4.78, 5) is 13.3. The van der Waals surface area contributed by atoms with Gasteiger partial charge in [-0.15, -0.1) is 11.3 Å². The highest BCUT2D eigenvalue weighted by molar-refractivity contribution is 9.10. The molecule has 0 spiro atoms. The second-order valence-corrected chi connectivity index (χ2v) is 6.75. The monoisotopic (exact) mass is 362 g/mol. The number of amides is 1. The molecule has 0 N–H and O–H groups in total. The minimum Gasteiger partial charge on any atom is -0.273 e. The van der Waals surface area contributed by atoms with Gasteiger partial charge < -0.3 is 0 Å². The van der Waals surface area contributed by atoms with Crippen molar-refractivity contribution in [2.45, 2.75) is 25.8 Å². The van der Waals surface area contributed by atoms with Gasteiger partial charge in [0.2, 0.25) is 5.91 Å². The molecular formula is C16H15BrN2OS. The first-order chi connectivity index (χ1) is 10.2. The van der Waals surface area contributed by atoms with Gasteiger partial charge in [-0.05, 0) is 29.1 Å². The molecule has 5 heteroatoms. The van der Waals surface area contributed by atoms with Gasteiger partial charge in [-0.3, -0.25) is 4.79 Å². The SMILES string of the molecule is CCC(=O)N1N=C(c2cccs2)C[C@H]1c1ccc(Br)cc1. The van der Waals surface area contributed by atoms with Crippen LogP contribution in [0.5, 0.6) is 0 Å². The quantitative estimate of drug-likeness (QED) is 0.785. The van der Waals surface area contributed by atoms with Crippen LogP contribution in [-0.2, 0) is 4.79 Å². The molecule has 1 amide bonds. The molecule has 0 bridgehead atoms. The molecule has 1 aromatic carbocycles. The van der Waals surface area contributed by atoms with Crippen molar-refractivity contribution in [2.24, 2.45) is 5.10 Å². The number of rotatable bonds is 3. The van der Waals surface area contributed by atoms with Crippen molar-refractivity contribution in [3.8, 4) is 0 Å². The highest BCUT2D eigenvalue weighted by Gasteiger charge is 2.32. The third kappa shape index (κ3) is 2.94. The number of hydrogen-bond donors (Lipinski definition) is 0. The van der Waals surface area contributed by atoms with Crippen molar-refractivity contribution < 1.29 is 4.79 Å². The molecule has 0 saturated carbocycles. The summed E-state index contributed by atoms with van der Waals surface area (Å²) >= 11 is 5.11. The molecule has 0 radical (unpaired) electrons. The van der Waals surface area contributed by atoms with Crippen LogP contribution in [0.1, 0.15) is 36.2 Å². The molecular weight excluding hydrogens is 348 g/mol. The molecule has 3 rings (SSSR count). The first kappa shape index (κ1) is 14.5. The van der Waals surface area contributed by atoms with E-state index in [1.54, 1.807) is 16.3 Å². The number of thiophene rings is 1. The number of halogens is 1. The van der Waals surface area contributed by atoms with E-state index in [1.165, 1.54) is 0 Å². The third-order valence-corrected chi connectivity index (χ3v) is 4.98. The number of benzene rings is 1. The zero-order valence-electron chi connectivity index (χ0n) is 11.6. The summed E-state index contributed by atoms with van der Waals surface area (Å²) in [6, 6.07) is 12.2. The van der Waals surface area contributed by atoms with Gasteiger partial charge in [0.15, 0.2) is 0 Å². The maximum absolute atomic E-state index is 12.2. The predicted molar refractivity (Wildman–Crippen MR) is 89.5 cm³/mol. The van der Waals surface area contributed by atoms with Gasteiger partial charge in [-0.25, -0.2) is 5.01 Å². The largest absolute Gasteiger partial charge is 0.273 e. The number of nitrogens with zero attached hydrogens (tertiary/aromatic N) is 2. The average molecular weight is 363 g/mol. The molecule has 0 saturated heterocycles. The van der Waals surface area contributed by atoms with Gasteiger partial charge in [-0.1, -0.05) is 41.1 Å². The van der Waals surface area contributed by atoms with E-state index >= 15 is 0 Å². The van der Waals surface area contributed by atoms with Crippen LogP contribution in [0.15, 0.2) is 51.4 Å². The van der Waals surface area contributed by atoms with Gasteiger partial charge in [0.25, 0.3) is 0 Å². The Balaban J connectivity index is 1.93. The summed E-state index contributed by atoms with van der Waals surface area (Å²) in [6.45, 7) is 1.87. The van der Waals surface area contributed by atoms with E-state index in [0.717, 1.165) is 27.0 Å². The number of hydrogen-bond acceptors (Lipinski definition) is 3. The van der Waals surface area contributed by atoms with E-state index in [2.05, 4.69) is 39.2 Å². The van der Waals surface area contributed by atoms with Crippen molar-refractivity contribution >= 4 is 38.9 Å². The summed E-state index contributed by atoms with van der Waals surface area (Å²) in [5.74, 6) is 0.0643. The Morgan fingerprint density at radius 3 is 2.76 bits per heavy atom. The Kier molecular flexibility index (Phi) is 4.22. The topological polar surface area (TPSA) is 32.7 Å². The van der Waals surface area contributed by atoms with Gasteiger partial charge >= 0.3 is 0 Å². The lowest BCUT2D eigenvalue weighted by atomic mass is 10.0. The molecule has 2 heterocycles. The van der Waals surface area contributed by atoms with E-state index in [4.69, 9.17) is 0 Å². The van der Waals surface area contributed by atoms with Crippen LogP contribution in [0.2, 0.25) is 0 Å². The van der Waals surface area contributed by atoms with Gasteiger partial charge in [0.05, 0.1) is 16.6 Å². The van der Waals surface area contributed by atoms with E-state index in [1.807, 2.05) is 30.5 Å². The molecule has 1 aliphatic rings. The lowest BCUT2D eigenvalue weighted by Crippen LogP contribution is -2.26. The Labute approximate surface area is 136 Å². The number of carbonyl (C=O) groups excluding carboxylic acids is 1. The maximum atomic E-state index is 12.2. The maximum Gasteiger partial charge on any atom is 0.242 e. The minimum atomic E-state index is 0.00245. The number of hydrazone groups is 1. The highest BCUT2D eigenvalue weighted by Crippen LogP contribution is 2.34. The minimum absolute atomic E-state index is 0.00245. The Bertz CT molecular complexity index is 664. The van der Waals surface area contributed by atoms with Gasteiger partial charge in [-0.2, -0.15) is 5.10 Å². The summed E-state index contributed by atoms with van der Waals surface area (Å²) in [6.07, 6.45) is 1.24. The fourth-order valence-electron chi connectivity index (χ4n) is 2.44. The van der Waals surface area contributed by atoms with Crippen LogP contribution in [0.25, 0.3) is 0 Å². The van der Waals surface area contributed by atoms with Crippen molar-refractivity contribution in [2.75, 3.05) is 0 Å². The smallest absolute Gasteiger partial charge is 0.242 e. The molecule has 108 valence electrons. The standard InChI is InChI=1S/C16H15BrN2OS/c1-2-16(20)19-14(11-5-7-12(17)8-6-11)10-13(18-19)15-4-3-9-21-15/h3-9,14H,2,10H2,1H3/t14-/m0/s1. The van der Waals surface area contributed by atoms with E-state index in [0.29, 0.717) is 6.42 Å². The van der Waals surface area contributed by atoms with Crippen molar-refractivity contribution in [1.29, 1.82) is 0 Å². The predicted octanol–water partition coefficient (Wildman–Crippen LogP) is 4.60. The normalized spacial score (nSPS) is 17.9. The highest BCUT2D eigenvalue weighted by atomic mass is 79.9. The average Bonchev–Trinajstić information content (AvgIpc) is 3.16. The van der Waals surface area contributed by atoms with E-state index in [9.17, 15) is 4.79 Å². The summed E-state index contributed by atoms with van der Waals surface area (Å²) in [5, 5.41) is 8.27.